The van der Waals surface area contributed by atoms with Gasteiger partial charge in [0.25, 0.3) is 0 Å². The minimum Gasteiger partial charge on any atom is -0.478 e. The van der Waals surface area contributed by atoms with Gasteiger partial charge in [-0.3, -0.25) is 0 Å². The number of fused-ring (bicyclic) bond motifs is 1. The lowest BCUT2D eigenvalue weighted by atomic mass is 10.1. The number of halogens is 1. The Hall–Kier alpha value is -2.26. The van der Waals surface area contributed by atoms with Gasteiger partial charge in [0.05, 0.1) is 10.6 Å². The monoisotopic (exact) mass is 299 g/mol. The van der Waals surface area contributed by atoms with Gasteiger partial charge in [-0.25, -0.2) is 4.79 Å². The average Bonchev–Trinajstić information content (AvgIpc) is 2.82. The van der Waals surface area contributed by atoms with Crippen molar-refractivity contribution in [2.24, 2.45) is 0 Å². The summed E-state index contributed by atoms with van der Waals surface area (Å²) >= 11 is 5.91. The van der Waals surface area contributed by atoms with Gasteiger partial charge < -0.3 is 10.1 Å². The molecule has 2 aromatic carbocycles. The second-order valence-corrected chi connectivity index (χ2v) is 5.61. The maximum absolute atomic E-state index is 11.2. The Bertz CT molecular complexity index is 826. The highest BCUT2D eigenvalue weighted by Crippen LogP contribution is 2.29. The highest BCUT2D eigenvalue weighted by molar-refractivity contribution is 6.33. The molecule has 0 fully saturated rings. The van der Waals surface area contributed by atoms with Crippen molar-refractivity contribution in [3.05, 3.63) is 58.1 Å². The van der Waals surface area contributed by atoms with E-state index in [4.69, 9.17) is 16.7 Å². The summed E-state index contributed by atoms with van der Waals surface area (Å²) in [6.45, 7) is 4.15. The van der Waals surface area contributed by atoms with Crippen LogP contribution in [-0.2, 0) is 0 Å². The number of aromatic amines is 1. The summed E-state index contributed by atoms with van der Waals surface area (Å²) in [5.41, 5.74) is 5.30. The number of aryl methyl sites for hydroxylation is 2. The summed E-state index contributed by atoms with van der Waals surface area (Å²) in [5, 5.41) is 10.5. The number of carboxylic acid groups (broad SMARTS) is 1. The molecule has 0 unspecified atom stereocenters. The molecular weight excluding hydrogens is 286 g/mol. The molecule has 0 saturated heterocycles. The third-order valence-electron chi connectivity index (χ3n) is 3.74. The summed E-state index contributed by atoms with van der Waals surface area (Å²) in [6, 6.07) is 11.3. The Kier molecular flexibility index (Phi) is 3.22. The first-order valence-electron chi connectivity index (χ1n) is 6.59. The van der Waals surface area contributed by atoms with Crippen LogP contribution in [0.25, 0.3) is 22.2 Å². The summed E-state index contributed by atoms with van der Waals surface area (Å²) in [5.74, 6) is -1.02. The molecule has 106 valence electrons. The molecule has 2 N–H and O–H groups in total. The summed E-state index contributed by atoms with van der Waals surface area (Å²) < 4.78 is 0. The van der Waals surface area contributed by atoms with Gasteiger partial charge in [-0.05, 0) is 60.9 Å². The number of benzene rings is 2. The zero-order valence-corrected chi connectivity index (χ0v) is 12.5. The van der Waals surface area contributed by atoms with E-state index in [9.17, 15) is 4.79 Å². The number of hydrogen-bond acceptors (Lipinski definition) is 1. The van der Waals surface area contributed by atoms with Crippen molar-refractivity contribution in [2.75, 3.05) is 0 Å². The van der Waals surface area contributed by atoms with Gasteiger partial charge in [-0.15, -0.1) is 0 Å². The molecule has 0 aliphatic heterocycles. The van der Waals surface area contributed by atoms with E-state index in [1.807, 2.05) is 12.1 Å². The molecule has 3 rings (SSSR count). The molecule has 0 spiro atoms. The van der Waals surface area contributed by atoms with Crippen molar-refractivity contribution in [3.63, 3.8) is 0 Å². The fraction of sp³-hybridized carbons (Fsp3) is 0.118. The maximum Gasteiger partial charge on any atom is 0.337 e. The molecule has 0 radical (unpaired) electrons. The molecule has 3 aromatic rings. The minimum atomic E-state index is -1.02. The fourth-order valence-corrected chi connectivity index (χ4v) is 2.61. The third-order valence-corrected chi connectivity index (χ3v) is 4.07. The average molecular weight is 300 g/mol. The van der Waals surface area contributed by atoms with Crippen molar-refractivity contribution < 1.29 is 9.90 Å². The van der Waals surface area contributed by atoms with Gasteiger partial charge in [-0.1, -0.05) is 17.7 Å². The number of carboxylic acids is 1. The molecule has 0 amide bonds. The number of rotatable bonds is 2. The van der Waals surface area contributed by atoms with Crippen molar-refractivity contribution in [1.29, 1.82) is 0 Å². The molecule has 0 aliphatic rings. The first kappa shape index (κ1) is 13.7. The second kappa shape index (κ2) is 4.93. The highest BCUT2D eigenvalue weighted by atomic mass is 35.5. The topological polar surface area (TPSA) is 53.1 Å². The Balaban J connectivity index is 2.16. The number of carbonyl (C=O) groups is 1. The maximum atomic E-state index is 11.2. The minimum absolute atomic E-state index is 0.111. The summed E-state index contributed by atoms with van der Waals surface area (Å²) in [6.07, 6.45) is 0. The molecule has 3 nitrogen and oxygen atoms in total. The Morgan fingerprint density at radius 2 is 1.81 bits per heavy atom. The Morgan fingerprint density at radius 3 is 2.52 bits per heavy atom. The normalized spacial score (nSPS) is 11.0. The van der Waals surface area contributed by atoms with Crippen LogP contribution in [0.4, 0.5) is 0 Å². The van der Waals surface area contributed by atoms with Crippen LogP contribution in [0, 0.1) is 13.8 Å². The van der Waals surface area contributed by atoms with Crippen molar-refractivity contribution in [2.45, 2.75) is 13.8 Å². The van der Waals surface area contributed by atoms with Crippen molar-refractivity contribution in [1.82, 2.24) is 4.98 Å². The smallest absolute Gasteiger partial charge is 0.337 e. The number of aromatic carboxylic acids is 1. The first-order valence-corrected chi connectivity index (χ1v) is 6.96. The fourth-order valence-electron chi connectivity index (χ4n) is 2.42. The molecule has 0 bridgehead atoms. The molecule has 1 heterocycles. The number of nitrogens with one attached hydrogen (secondary N) is 1. The van der Waals surface area contributed by atoms with Crippen LogP contribution < -0.4 is 0 Å². The van der Waals surface area contributed by atoms with Crippen molar-refractivity contribution >= 4 is 28.5 Å². The van der Waals surface area contributed by atoms with E-state index in [-0.39, 0.29) is 10.6 Å². The SMILES string of the molecule is Cc1cc2cc(-c3ccc(Cl)c(C(=O)O)c3)[nH]c2cc1C. The summed E-state index contributed by atoms with van der Waals surface area (Å²) in [4.78, 5) is 14.5. The molecular formula is C17H14ClNO2. The Labute approximate surface area is 127 Å². The van der Waals surface area contributed by atoms with Crippen LogP contribution in [0.2, 0.25) is 5.02 Å². The van der Waals surface area contributed by atoms with Crippen LogP contribution >= 0.6 is 11.6 Å². The quantitative estimate of drug-likeness (QED) is 0.714. The van der Waals surface area contributed by atoms with Crippen LogP contribution in [-0.4, -0.2) is 16.1 Å². The van der Waals surface area contributed by atoms with E-state index in [1.165, 1.54) is 11.1 Å². The third kappa shape index (κ3) is 2.41. The van der Waals surface area contributed by atoms with Gasteiger partial charge in [0, 0.05) is 16.6 Å². The molecule has 0 aliphatic carbocycles. The predicted molar refractivity (Wildman–Crippen MR) is 85.2 cm³/mol. The molecule has 0 saturated carbocycles. The molecule has 0 atom stereocenters. The van der Waals surface area contributed by atoms with Crippen LogP contribution in [0.3, 0.4) is 0 Å². The van der Waals surface area contributed by atoms with Crippen LogP contribution in [0.1, 0.15) is 21.5 Å². The number of H-pyrrole nitrogens is 1. The van der Waals surface area contributed by atoms with E-state index in [0.717, 1.165) is 22.2 Å². The highest BCUT2D eigenvalue weighted by Gasteiger charge is 2.12. The van der Waals surface area contributed by atoms with Crippen molar-refractivity contribution in [3.8, 4) is 11.3 Å². The van der Waals surface area contributed by atoms with Gasteiger partial charge in [0.2, 0.25) is 0 Å². The first-order chi connectivity index (χ1) is 9.95. The van der Waals surface area contributed by atoms with Gasteiger partial charge in [0.1, 0.15) is 0 Å². The molecule has 4 heteroatoms. The van der Waals surface area contributed by atoms with E-state index >= 15 is 0 Å². The van der Waals surface area contributed by atoms with Crippen LogP contribution in [0.5, 0.6) is 0 Å². The second-order valence-electron chi connectivity index (χ2n) is 5.21. The lowest BCUT2D eigenvalue weighted by Crippen LogP contribution is -1.97. The summed E-state index contributed by atoms with van der Waals surface area (Å²) in [7, 11) is 0. The van der Waals surface area contributed by atoms with Gasteiger partial charge in [0.15, 0.2) is 0 Å². The van der Waals surface area contributed by atoms with Gasteiger partial charge >= 0.3 is 5.97 Å². The zero-order chi connectivity index (χ0) is 15.1. The molecule has 1 aromatic heterocycles. The molecule has 21 heavy (non-hydrogen) atoms. The van der Waals surface area contributed by atoms with E-state index in [2.05, 4.69) is 31.0 Å². The van der Waals surface area contributed by atoms with E-state index in [1.54, 1.807) is 12.1 Å². The largest absolute Gasteiger partial charge is 0.478 e. The number of aromatic nitrogens is 1. The van der Waals surface area contributed by atoms with Crippen LogP contribution in [0.15, 0.2) is 36.4 Å². The zero-order valence-electron chi connectivity index (χ0n) is 11.7. The standard InChI is InChI=1S/C17H14ClNO2/c1-9-5-12-8-16(19-15(12)6-10(9)2)11-3-4-14(18)13(7-11)17(20)21/h3-8,19H,1-2H3,(H,20,21). The van der Waals surface area contributed by atoms with E-state index < -0.39 is 5.97 Å². The van der Waals surface area contributed by atoms with Gasteiger partial charge in [-0.2, -0.15) is 0 Å². The predicted octanol–water partition coefficient (Wildman–Crippen LogP) is 4.80. The number of hydrogen-bond donors (Lipinski definition) is 2. The van der Waals surface area contributed by atoms with E-state index in [0.29, 0.717) is 0 Å². The lowest BCUT2D eigenvalue weighted by Gasteiger charge is -2.02. The lowest BCUT2D eigenvalue weighted by molar-refractivity contribution is 0.0697. The Morgan fingerprint density at radius 1 is 1.10 bits per heavy atom.